The molecular weight excluding hydrogens is 330 g/mol. The molecule has 4 rings (SSSR count). The monoisotopic (exact) mass is 353 g/mol. The van der Waals surface area contributed by atoms with E-state index in [9.17, 15) is 9.00 Å². The molecule has 1 aromatic carbocycles. The lowest BCUT2D eigenvalue weighted by atomic mass is 9.81. The maximum absolute atomic E-state index is 13.3. The van der Waals surface area contributed by atoms with E-state index >= 15 is 0 Å². The van der Waals surface area contributed by atoms with Crippen LogP contribution in [0.2, 0.25) is 0 Å². The van der Waals surface area contributed by atoms with E-state index in [0.29, 0.717) is 22.8 Å². The number of carbonyl (C=O) groups is 1. The van der Waals surface area contributed by atoms with Crippen LogP contribution in [-0.2, 0) is 10.8 Å². The lowest BCUT2D eigenvalue weighted by Crippen LogP contribution is -2.32. The molecule has 0 radical (unpaired) electrons. The van der Waals surface area contributed by atoms with Gasteiger partial charge < -0.3 is 0 Å². The predicted octanol–water partition coefficient (Wildman–Crippen LogP) is 4.45. The Bertz CT molecular complexity index is 849. The largest absolute Gasteiger partial charge is 0.279 e. The van der Waals surface area contributed by atoms with Gasteiger partial charge in [0.05, 0.1) is 0 Å². The van der Waals surface area contributed by atoms with Gasteiger partial charge in [0, 0.05) is 17.0 Å². The molecule has 0 spiro atoms. The first kappa shape index (κ1) is 16.5. The SMILES string of the molecule is CC[C@H]1[C@H](C(=O)n2cccc2S(=O)c2ccc(C)cc2)[C@@H]2C=C[C@H]1C2. The van der Waals surface area contributed by atoms with E-state index in [0.717, 1.165) is 23.3 Å². The number of benzene rings is 1. The van der Waals surface area contributed by atoms with Crippen LogP contribution >= 0.6 is 0 Å². The second-order valence-electron chi connectivity index (χ2n) is 7.18. The molecule has 1 saturated carbocycles. The van der Waals surface area contributed by atoms with E-state index in [1.807, 2.05) is 37.3 Å². The Morgan fingerprint density at radius 3 is 2.60 bits per heavy atom. The first-order valence-electron chi connectivity index (χ1n) is 8.98. The summed E-state index contributed by atoms with van der Waals surface area (Å²) in [5.41, 5.74) is 1.13. The van der Waals surface area contributed by atoms with Gasteiger partial charge in [-0.25, -0.2) is 4.21 Å². The van der Waals surface area contributed by atoms with Crippen LogP contribution in [0.15, 0.2) is 64.7 Å². The van der Waals surface area contributed by atoms with Crippen molar-refractivity contribution in [3.05, 3.63) is 60.3 Å². The maximum atomic E-state index is 13.3. The Hall–Kier alpha value is -1.94. The molecule has 1 aromatic heterocycles. The zero-order valence-corrected chi connectivity index (χ0v) is 15.4. The molecule has 0 saturated heterocycles. The Balaban J connectivity index is 1.65. The van der Waals surface area contributed by atoms with Crippen LogP contribution in [-0.4, -0.2) is 14.7 Å². The quantitative estimate of drug-likeness (QED) is 0.762. The average molecular weight is 353 g/mol. The minimum atomic E-state index is -1.35. The fourth-order valence-electron chi connectivity index (χ4n) is 4.49. The number of carbonyl (C=O) groups excluding carboxylic acids is 1. The number of nitrogens with zero attached hydrogens (tertiary/aromatic N) is 1. The molecule has 2 aliphatic carbocycles. The van der Waals surface area contributed by atoms with Crippen molar-refractivity contribution in [1.29, 1.82) is 0 Å². The number of rotatable bonds is 4. The lowest BCUT2D eigenvalue weighted by Gasteiger charge is -2.26. The number of allylic oxidation sites excluding steroid dienone is 2. The number of aryl methyl sites for hydroxylation is 1. The highest BCUT2D eigenvalue weighted by Crippen LogP contribution is 2.50. The summed E-state index contributed by atoms with van der Waals surface area (Å²) in [5, 5.41) is 0.579. The van der Waals surface area contributed by atoms with Crippen molar-refractivity contribution >= 4 is 16.7 Å². The molecule has 5 atom stereocenters. The van der Waals surface area contributed by atoms with E-state index in [-0.39, 0.29) is 11.8 Å². The van der Waals surface area contributed by atoms with E-state index in [1.54, 1.807) is 16.8 Å². The Morgan fingerprint density at radius 1 is 1.16 bits per heavy atom. The van der Waals surface area contributed by atoms with Gasteiger partial charge in [0.2, 0.25) is 5.91 Å². The van der Waals surface area contributed by atoms with E-state index in [2.05, 4.69) is 19.1 Å². The normalized spacial score (nSPS) is 28.4. The molecule has 130 valence electrons. The van der Waals surface area contributed by atoms with Crippen LogP contribution in [0, 0.1) is 30.6 Å². The van der Waals surface area contributed by atoms with Crippen molar-refractivity contribution in [2.45, 2.75) is 36.6 Å². The molecule has 1 fully saturated rings. The maximum Gasteiger partial charge on any atom is 0.235 e. The molecule has 2 aliphatic rings. The third kappa shape index (κ3) is 2.73. The van der Waals surface area contributed by atoms with Gasteiger partial charge in [0.15, 0.2) is 0 Å². The zero-order chi connectivity index (χ0) is 17.6. The number of hydrogen-bond donors (Lipinski definition) is 0. The highest BCUT2D eigenvalue weighted by atomic mass is 32.2. The summed E-state index contributed by atoms with van der Waals surface area (Å²) < 4.78 is 14.6. The molecule has 0 N–H and O–H groups in total. The van der Waals surface area contributed by atoms with Gasteiger partial charge in [0.1, 0.15) is 15.8 Å². The van der Waals surface area contributed by atoms with Crippen LogP contribution < -0.4 is 0 Å². The van der Waals surface area contributed by atoms with Gasteiger partial charge in [-0.3, -0.25) is 9.36 Å². The molecule has 0 amide bonds. The van der Waals surface area contributed by atoms with Crippen LogP contribution in [0.4, 0.5) is 0 Å². The molecule has 1 unspecified atom stereocenters. The topological polar surface area (TPSA) is 39.1 Å². The molecule has 0 aliphatic heterocycles. The second-order valence-corrected chi connectivity index (χ2v) is 8.61. The molecular formula is C21H23NO2S. The van der Waals surface area contributed by atoms with E-state index < -0.39 is 10.8 Å². The highest BCUT2D eigenvalue weighted by molar-refractivity contribution is 7.85. The average Bonchev–Trinajstić information content (AvgIpc) is 3.35. The van der Waals surface area contributed by atoms with Crippen molar-refractivity contribution in [3.8, 4) is 0 Å². The lowest BCUT2D eigenvalue weighted by molar-refractivity contribution is 0.0754. The van der Waals surface area contributed by atoms with Crippen molar-refractivity contribution in [2.75, 3.05) is 0 Å². The second kappa shape index (κ2) is 6.41. The van der Waals surface area contributed by atoms with Gasteiger partial charge >= 0.3 is 0 Å². The summed E-state index contributed by atoms with van der Waals surface area (Å²) in [4.78, 5) is 14.0. The number of aromatic nitrogens is 1. The fourth-order valence-corrected chi connectivity index (χ4v) is 5.65. The minimum absolute atomic E-state index is 0.0150. The van der Waals surface area contributed by atoms with Gasteiger partial charge in [-0.05, 0) is 55.4 Å². The summed E-state index contributed by atoms with van der Waals surface area (Å²) >= 11 is 0. The minimum Gasteiger partial charge on any atom is -0.279 e. The van der Waals surface area contributed by atoms with Crippen LogP contribution in [0.1, 0.15) is 30.1 Å². The van der Waals surface area contributed by atoms with Crippen LogP contribution in [0.25, 0.3) is 0 Å². The zero-order valence-electron chi connectivity index (χ0n) is 14.6. The predicted molar refractivity (Wildman–Crippen MR) is 98.9 cm³/mol. The van der Waals surface area contributed by atoms with Gasteiger partial charge in [0.25, 0.3) is 0 Å². The number of hydrogen-bond acceptors (Lipinski definition) is 2. The third-order valence-corrected chi connectivity index (χ3v) is 7.17. The third-order valence-electron chi connectivity index (χ3n) is 5.75. The van der Waals surface area contributed by atoms with Gasteiger partial charge in [-0.15, -0.1) is 0 Å². The summed E-state index contributed by atoms with van der Waals surface area (Å²) in [7, 11) is -1.35. The van der Waals surface area contributed by atoms with Crippen LogP contribution in [0.3, 0.4) is 0 Å². The number of fused-ring (bicyclic) bond motifs is 2. The fraction of sp³-hybridized carbons (Fsp3) is 0.381. The molecule has 1 heterocycles. The summed E-state index contributed by atoms with van der Waals surface area (Å²) in [5.74, 6) is 1.40. The first-order valence-corrected chi connectivity index (χ1v) is 10.1. The molecule has 3 nitrogen and oxygen atoms in total. The smallest absolute Gasteiger partial charge is 0.235 e. The Morgan fingerprint density at radius 2 is 1.88 bits per heavy atom. The molecule has 25 heavy (non-hydrogen) atoms. The van der Waals surface area contributed by atoms with Crippen LogP contribution in [0.5, 0.6) is 0 Å². The van der Waals surface area contributed by atoms with Crippen molar-refractivity contribution < 1.29 is 9.00 Å². The summed E-state index contributed by atoms with van der Waals surface area (Å²) in [6, 6.07) is 11.3. The van der Waals surface area contributed by atoms with Crippen molar-refractivity contribution in [3.63, 3.8) is 0 Å². The van der Waals surface area contributed by atoms with Gasteiger partial charge in [-0.2, -0.15) is 0 Å². The highest BCUT2D eigenvalue weighted by Gasteiger charge is 2.47. The molecule has 4 heteroatoms. The Labute approximate surface area is 151 Å². The van der Waals surface area contributed by atoms with Crippen molar-refractivity contribution in [1.82, 2.24) is 4.57 Å². The summed E-state index contributed by atoms with van der Waals surface area (Å²) in [6.07, 6.45) is 8.36. The first-order chi connectivity index (χ1) is 12.1. The Kier molecular flexibility index (Phi) is 4.24. The van der Waals surface area contributed by atoms with E-state index in [1.165, 1.54) is 0 Å². The molecule has 2 aromatic rings. The van der Waals surface area contributed by atoms with E-state index in [4.69, 9.17) is 0 Å². The standard InChI is InChI=1S/C21H23NO2S/c1-3-18-15-8-9-16(13-15)20(18)21(23)22-12-4-5-19(22)25(24)17-10-6-14(2)7-11-17/h4-12,15-16,18,20H,3,13H2,1-2H3/t15-,16+,18+,20+,25?/m0/s1. The van der Waals surface area contributed by atoms with Gasteiger partial charge in [-0.1, -0.05) is 43.2 Å². The summed E-state index contributed by atoms with van der Waals surface area (Å²) in [6.45, 7) is 4.17. The van der Waals surface area contributed by atoms with Crippen molar-refractivity contribution in [2.24, 2.45) is 23.7 Å². The molecule has 2 bridgehead atoms.